The second kappa shape index (κ2) is 6.43. The van der Waals surface area contributed by atoms with E-state index in [-0.39, 0.29) is 12.5 Å². The van der Waals surface area contributed by atoms with Crippen LogP contribution in [0.5, 0.6) is 0 Å². The number of nitrogens with one attached hydrogen (secondary N) is 1. The Hall–Kier alpha value is -1.01. The summed E-state index contributed by atoms with van der Waals surface area (Å²) < 4.78 is 0. The number of hydrogen-bond donors (Lipinski definition) is 2. The fraction of sp³-hybridized carbons (Fsp3) is 0.538. The molecule has 2 N–H and O–H groups in total. The highest BCUT2D eigenvalue weighted by Gasteiger charge is 2.20. The highest BCUT2D eigenvalue weighted by Crippen LogP contribution is 2.31. The lowest BCUT2D eigenvalue weighted by Gasteiger charge is -2.10. The number of hydrogen-bond acceptors (Lipinski definition) is 4. The zero-order valence-corrected chi connectivity index (χ0v) is 12.4. The molecule has 0 radical (unpaired) electrons. The van der Waals surface area contributed by atoms with E-state index < -0.39 is 11.9 Å². The first-order valence-corrected chi connectivity index (χ1v) is 8.29. The third kappa shape index (κ3) is 3.51. The molecule has 1 unspecified atom stereocenters. The van der Waals surface area contributed by atoms with Crippen molar-refractivity contribution in [3.63, 3.8) is 0 Å². The van der Waals surface area contributed by atoms with Gasteiger partial charge in [-0.05, 0) is 30.2 Å². The maximum atomic E-state index is 12.0. The zero-order chi connectivity index (χ0) is 13.8. The van der Waals surface area contributed by atoms with E-state index in [2.05, 4.69) is 5.32 Å². The summed E-state index contributed by atoms with van der Waals surface area (Å²) in [6.07, 6.45) is 1.55. The molecule has 0 aromatic carbocycles. The molecule has 6 heteroatoms. The number of carbonyl (C=O) groups excluding carboxylic acids is 1. The zero-order valence-electron chi connectivity index (χ0n) is 10.8. The SMILES string of the molecule is CCC(CNC(=O)c1cc2c(s1)CCSC2)C(=O)O. The Labute approximate surface area is 120 Å². The number of rotatable bonds is 5. The number of aliphatic carboxylic acids is 1. The van der Waals surface area contributed by atoms with Crippen molar-refractivity contribution in [1.82, 2.24) is 5.32 Å². The molecule has 0 saturated heterocycles. The third-order valence-electron chi connectivity index (χ3n) is 3.20. The van der Waals surface area contributed by atoms with E-state index in [9.17, 15) is 9.59 Å². The predicted molar refractivity (Wildman–Crippen MR) is 77.9 cm³/mol. The second-order valence-corrected chi connectivity index (χ2v) is 6.76. The van der Waals surface area contributed by atoms with E-state index in [1.807, 2.05) is 24.8 Å². The number of fused-ring (bicyclic) bond motifs is 1. The Balaban J connectivity index is 1.96. The minimum atomic E-state index is -0.857. The second-order valence-electron chi connectivity index (χ2n) is 4.52. The summed E-state index contributed by atoms with van der Waals surface area (Å²) in [6.45, 7) is 2.01. The van der Waals surface area contributed by atoms with Gasteiger partial charge in [0, 0.05) is 17.2 Å². The maximum Gasteiger partial charge on any atom is 0.308 e. The van der Waals surface area contributed by atoms with Crippen molar-refractivity contribution >= 4 is 35.0 Å². The molecule has 0 spiro atoms. The van der Waals surface area contributed by atoms with E-state index in [1.54, 1.807) is 0 Å². The smallest absolute Gasteiger partial charge is 0.308 e. The average molecular weight is 299 g/mol. The van der Waals surface area contributed by atoms with Crippen LogP contribution >= 0.6 is 23.1 Å². The first-order chi connectivity index (χ1) is 9.11. The van der Waals surface area contributed by atoms with E-state index in [1.165, 1.54) is 21.8 Å². The monoisotopic (exact) mass is 299 g/mol. The molecule has 0 saturated carbocycles. The average Bonchev–Trinajstić information content (AvgIpc) is 2.82. The van der Waals surface area contributed by atoms with Gasteiger partial charge < -0.3 is 10.4 Å². The lowest BCUT2D eigenvalue weighted by molar-refractivity contribution is -0.141. The largest absolute Gasteiger partial charge is 0.481 e. The Kier molecular flexibility index (Phi) is 4.87. The van der Waals surface area contributed by atoms with Gasteiger partial charge in [0.1, 0.15) is 0 Å². The summed E-state index contributed by atoms with van der Waals surface area (Å²) in [7, 11) is 0. The Morgan fingerprint density at radius 1 is 1.53 bits per heavy atom. The van der Waals surface area contributed by atoms with Crippen LogP contribution in [0.15, 0.2) is 6.07 Å². The predicted octanol–water partition coefficient (Wildman–Crippen LogP) is 2.38. The van der Waals surface area contributed by atoms with Crippen LogP contribution in [0, 0.1) is 5.92 Å². The van der Waals surface area contributed by atoms with Gasteiger partial charge in [0.05, 0.1) is 10.8 Å². The first kappa shape index (κ1) is 14.4. The summed E-state index contributed by atoms with van der Waals surface area (Å²) in [5, 5.41) is 11.7. The van der Waals surface area contributed by atoms with Gasteiger partial charge in [0.2, 0.25) is 0 Å². The van der Waals surface area contributed by atoms with Crippen molar-refractivity contribution in [3.05, 3.63) is 21.4 Å². The highest BCUT2D eigenvalue weighted by atomic mass is 32.2. The van der Waals surface area contributed by atoms with Gasteiger partial charge in [-0.2, -0.15) is 11.8 Å². The third-order valence-corrected chi connectivity index (χ3v) is 5.45. The Bertz CT molecular complexity index is 461. The van der Waals surface area contributed by atoms with Gasteiger partial charge in [0.15, 0.2) is 0 Å². The number of thioether (sulfide) groups is 1. The molecule has 0 aliphatic carbocycles. The molecule has 19 heavy (non-hydrogen) atoms. The van der Waals surface area contributed by atoms with Crippen LogP contribution in [0.4, 0.5) is 0 Å². The molecule has 1 aromatic heterocycles. The van der Waals surface area contributed by atoms with E-state index in [0.29, 0.717) is 11.3 Å². The minimum absolute atomic E-state index is 0.149. The molecule has 2 heterocycles. The van der Waals surface area contributed by atoms with Gasteiger partial charge >= 0.3 is 5.97 Å². The molecule has 1 aliphatic heterocycles. The molecular weight excluding hydrogens is 282 g/mol. The summed E-state index contributed by atoms with van der Waals surface area (Å²) in [6, 6.07) is 1.95. The van der Waals surface area contributed by atoms with Crippen LogP contribution in [0.3, 0.4) is 0 Å². The maximum absolute atomic E-state index is 12.0. The van der Waals surface area contributed by atoms with Crippen LogP contribution in [-0.4, -0.2) is 29.3 Å². The van der Waals surface area contributed by atoms with Crippen molar-refractivity contribution in [2.75, 3.05) is 12.3 Å². The van der Waals surface area contributed by atoms with E-state index >= 15 is 0 Å². The highest BCUT2D eigenvalue weighted by molar-refractivity contribution is 7.98. The standard InChI is InChI=1S/C13H17NO3S2/c1-2-8(13(16)17)6-14-12(15)11-5-9-7-18-4-3-10(9)19-11/h5,8H,2-4,6-7H2,1H3,(H,14,15)(H,16,17). The number of aryl methyl sites for hydroxylation is 1. The molecule has 0 fully saturated rings. The van der Waals surface area contributed by atoms with Crippen molar-refractivity contribution in [1.29, 1.82) is 0 Å². The number of carbonyl (C=O) groups is 2. The molecule has 1 aromatic rings. The first-order valence-electron chi connectivity index (χ1n) is 6.32. The summed E-state index contributed by atoms with van der Waals surface area (Å²) >= 11 is 3.42. The molecule has 104 valence electrons. The molecule has 0 bridgehead atoms. The molecule has 1 aliphatic rings. The Morgan fingerprint density at radius 2 is 2.32 bits per heavy atom. The van der Waals surface area contributed by atoms with E-state index in [0.717, 1.165) is 17.9 Å². The van der Waals surface area contributed by atoms with E-state index in [4.69, 9.17) is 5.11 Å². The molecular formula is C13H17NO3S2. The topological polar surface area (TPSA) is 66.4 Å². The lowest BCUT2D eigenvalue weighted by atomic mass is 10.1. The molecule has 1 amide bonds. The van der Waals surface area contributed by atoms with Crippen molar-refractivity contribution < 1.29 is 14.7 Å². The van der Waals surface area contributed by atoms with Crippen molar-refractivity contribution in [3.8, 4) is 0 Å². The van der Waals surface area contributed by atoms with Gasteiger partial charge in [-0.15, -0.1) is 11.3 Å². The van der Waals surface area contributed by atoms with Gasteiger partial charge in [0.25, 0.3) is 5.91 Å². The van der Waals surface area contributed by atoms with Gasteiger partial charge in [-0.25, -0.2) is 0 Å². The van der Waals surface area contributed by atoms with Crippen molar-refractivity contribution in [2.24, 2.45) is 5.92 Å². The molecule has 4 nitrogen and oxygen atoms in total. The van der Waals surface area contributed by atoms with Crippen LogP contribution in [-0.2, 0) is 17.0 Å². The summed E-state index contributed by atoms with van der Waals surface area (Å²) in [4.78, 5) is 24.9. The van der Waals surface area contributed by atoms with Crippen LogP contribution < -0.4 is 5.32 Å². The van der Waals surface area contributed by atoms with Crippen LogP contribution in [0.2, 0.25) is 0 Å². The fourth-order valence-corrected chi connectivity index (χ4v) is 4.26. The quantitative estimate of drug-likeness (QED) is 0.876. The molecule has 1 atom stereocenters. The minimum Gasteiger partial charge on any atom is -0.481 e. The van der Waals surface area contributed by atoms with Crippen molar-refractivity contribution in [2.45, 2.75) is 25.5 Å². The number of carboxylic acid groups (broad SMARTS) is 1. The normalized spacial score (nSPS) is 15.6. The number of carboxylic acids is 1. The lowest BCUT2D eigenvalue weighted by Crippen LogP contribution is -2.32. The fourth-order valence-electron chi connectivity index (χ4n) is 1.97. The number of thiophene rings is 1. The van der Waals surface area contributed by atoms with Gasteiger partial charge in [-0.3, -0.25) is 9.59 Å². The summed E-state index contributed by atoms with van der Waals surface area (Å²) in [5.41, 5.74) is 1.26. The number of amides is 1. The summed E-state index contributed by atoms with van der Waals surface area (Å²) in [5.74, 6) is 0.583. The van der Waals surface area contributed by atoms with Crippen LogP contribution in [0.25, 0.3) is 0 Å². The van der Waals surface area contributed by atoms with Crippen LogP contribution in [0.1, 0.15) is 33.5 Å². The van der Waals surface area contributed by atoms with Gasteiger partial charge in [-0.1, -0.05) is 6.92 Å². The Morgan fingerprint density at radius 3 is 2.95 bits per heavy atom. The molecule has 2 rings (SSSR count).